The van der Waals surface area contributed by atoms with E-state index in [1.807, 2.05) is 18.2 Å². The zero-order valence-electron chi connectivity index (χ0n) is 15.6. The number of carbonyl (C=O) groups excluding carboxylic acids is 1. The zero-order valence-corrected chi connectivity index (χ0v) is 15.6. The van der Waals surface area contributed by atoms with E-state index in [1.165, 1.54) is 11.8 Å². The molecule has 0 fully saturated rings. The Kier molecular flexibility index (Phi) is 4.39. The van der Waals surface area contributed by atoms with Crippen molar-refractivity contribution in [2.75, 3.05) is 11.9 Å². The van der Waals surface area contributed by atoms with Crippen molar-refractivity contribution in [2.24, 2.45) is 0 Å². The van der Waals surface area contributed by atoms with Crippen LogP contribution < -0.4 is 5.32 Å². The monoisotopic (exact) mass is 362 g/mol. The second-order valence-electron chi connectivity index (χ2n) is 6.77. The van der Waals surface area contributed by atoms with Gasteiger partial charge in [0.1, 0.15) is 0 Å². The molecule has 0 radical (unpaired) electrons. The van der Waals surface area contributed by atoms with Crippen LogP contribution in [0.15, 0.2) is 48.8 Å². The third-order valence-electron chi connectivity index (χ3n) is 5.05. The van der Waals surface area contributed by atoms with Crippen LogP contribution in [0.3, 0.4) is 0 Å². The average Bonchev–Trinajstić information content (AvgIpc) is 3.28. The number of rotatable bonds is 4. The van der Waals surface area contributed by atoms with Gasteiger partial charge in [-0.15, -0.1) is 0 Å². The lowest BCUT2D eigenvalue weighted by Gasteiger charge is -2.10. The van der Waals surface area contributed by atoms with Crippen LogP contribution in [0.25, 0.3) is 17.1 Å². The van der Waals surface area contributed by atoms with E-state index < -0.39 is 0 Å². The molecule has 138 valence electrons. The van der Waals surface area contributed by atoms with Crippen molar-refractivity contribution in [2.45, 2.75) is 32.7 Å². The first kappa shape index (κ1) is 17.3. The van der Waals surface area contributed by atoms with Crippen LogP contribution in [0, 0.1) is 0 Å². The number of para-hydroxylation sites is 1. The highest BCUT2D eigenvalue weighted by molar-refractivity contribution is 5.88. The molecule has 1 N–H and O–H groups in total. The third-order valence-corrected chi connectivity index (χ3v) is 5.05. The summed E-state index contributed by atoms with van der Waals surface area (Å²) in [4.78, 5) is 16.6. The minimum atomic E-state index is -0.382. The maximum atomic E-state index is 11.9. The number of hydrogen-bond acceptors (Lipinski definition) is 5. The molecule has 6 heteroatoms. The lowest BCUT2D eigenvalue weighted by Crippen LogP contribution is -2.13. The summed E-state index contributed by atoms with van der Waals surface area (Å²) in [6.07, 6.45) is 3.14. The fraction of sp³-hybridized carbons (Fsp3) is 0.286. The van der Waals surface area contributed by atoms with Gasteiger partial charge in [-0.25, -0.2) is 14.5 Å². The Morgan fingerprint density at radius 3 is 2.85 bits per heavy atom. The molecule has 0 bridgehead atoms. The second kappa shape index (κ2) is 6.87. The lowest BCUT2D eigenvalue weighted by molar-refractivity contribution is 0.0526. The van der Waals surface area contributed by atoms with Gasteiger partial charge in [-0.05, 0) is 31.5 Å². The molecule has 27 heavy (non-hydrogen) atoms. The first-order valence-corrected chi connectivity index (χ1v) is 9.17. The molecule has 3 heterocycles. The third kappa shape index (κ3) is 3.07. The van der Waals surface area contributed by atoms with Gasteiger partial charge in [-0.1, -0.05) is 31.2 Å². The maximum Gasteiger partial charge on any atom is 0.341 e. The molecule has 0 aliphatic carbocycles. The van der Waals surface area contributed by atoms with Gasteiger partial charge >= 0.3 is 5.97 Å². The Morgan fingerprint density at radius 2 is 2.04 bits per heavy atom. The second-order valence-corrected chi connectivity index (χ2v) is 6.77. The van der Waals surface area contributed by atoms with Crippen LogP contribution >= 0.6 is 0 Å². The maximum absolute atomic E-state index is 11.9. The minimum absolute atomic E-state index is 0.334. The number of pyridine rings is 1. The first-order chi connectivity index (χ1) is 13.1. The first-order valence-electron chi connectivity index (χ1n) is 9.17. The molecule has 3 aromatic rings. The zero-order chi connectivity index (χ0) is 19.0. The Hall–Kier alpha value is -3.15. The summed E-state index contributed by atoms with van der Waals surface area (Å²) in [5, 5.41) is 7.84. The molecule has 6 nitrogen and oxygen atoms in total. The van der Waals surface area contributed by atoms with Gasteiger partial charge in [-0.2, -0.15) is 5.10 Å². The standard InChI is InChI=1S/C21H22N4O2/c1-4-27-21(26)15-11-22-25(12-15)19-10-6-9-18(24-19)17-8-5-7-16-13(2)14(3)23-20(16)17/h5-14,23H,4H2,1-3H3. The van der Waals surface area contributed by atoms with E-state index in [0.29, 0.717) is 29.9 Å². The molecule has 2 atom stereocenters. The molecule has 0 saturated heterocycles. The fourth-order valence-electron chi connectivity index (χ4n) is 3.41. The normalized spacial score (nSPS) is 18.0. The number of nitrogens with one attached hydrogen (secondary N) is 1. The molecule has 0 saturated carbocycles. The number of carbonyl (C=O) groups is 1. The van der Waals surface area contributed by atoms with Gasteiger partial charge in [0, 0.05) is 29.4 Å². The summed E-state index contributed by atoms with van der Waals surface area (Å²) in [5.74, 6) is 0.731. The summed E-state index contributed by atoms with van der Waals surface area (Å²) in [7, 11) is 0. The van der Waals surface area contributed by atoms with Crippen LogP contribution in [-0.4, -0.2) is 33.4 Å². The van der Waals surface area contributed by atoms with Crippen molar-refractivity contribution < 1.29 is 9.53 Å². The van der Waals surface area contributed by atoms with E-state index in [0.717, 1.165) is 16.9 Å². The highest BCUT2D eigenvalue weighted by Gasteiger charge is 2.27. The SMILES string of the molecule is CCOC(=O)c1cnn(-c2cccc(-c3cccc4c3NC(C)C4C)n2)c1. The number of benzene rings is 1. The van der Waals surface area contributed by atoms with Crippen LogP contribution in [0.5, 0.6) is 0 Å². The predicted octanol–water partition coefficient (Wildman–Crippen LogP) is 4.03. The van der Waals surface area contributed by atoms with Crippen molar-refractivity contribution in [3.8, 4) is 17.1 Å². The van der Waals surface area contributed by atoms with Crippen molar-refractivity contribution in [3.63, 3.8) is 0 Å². The molecular formula is C21H22N4O2. The number of hydrogen-bond donors (Lipinski definition) is 1. The van der Waals surface area contributed by atoms with Gasteiger partial charge in [-0.3, -0.25) is 0 Å². The van der Waals surface area contributed by atoms with Crippen molar-refractivity contribution in [3.05, 3.63) is 59.9 Å². The minimum Gasteiger partial charge on any atom is -0.462 e. The number of fused-ring (bicyclic) bond motifs is 1. The predicted molar refractivity (Wildman–Crippen MR) is 104 cm³/mol. The Balaban J connectivity index is 1.70. The number of ether oxygens (including phenoxy) is 1. The van der Waals surface area contributed by atoms with E-state index in [1.54, 1.807) is 17.8 Å². The molecule has 2 aromatic heterocycles. The van der Waals surface area contributed by atoms with E-state index in [2.05, 4.69) is 42.5 Å². The number of esters is 1. The fourth-order valence-corrected chi connectivity index (χ4v) is 3.41. The summed E-state index contributed by atoms with van der Waals surface area (Å²) >= 11 is 0. The summed E-state index contributed by atoms with van der Waals surface area (Å²) in [6, 6.07) is 12.5. The van der Waals surface area contributed by atoms with Crippen LogP contribution in [0.4, 0.5) is 5.69 Å². The molecule has 4 rings (SSSR count). The Bertz CT molecular complexity index is 995. The summed E-state index contributed by atoms with van der Waals surface area (Å²) < 4.78 is 6.61. The molecule has 1 aliphatic heterocycles. The van der Waals surface area contributed by atoms with Crippen molar-refractivity contribution in [1.82, 2.24) is 14.8 Å². The van der Waals surface area contributed by atoms with E-state index in [4.69, 9.17) is 9.72 Å². The van der Waals surface area contributed by atoms with Gasteiger partial charge in [0.15, 0.2) is 5.82 Å². The molecule has 1 aliphatic rings. The van der Waals surface area contributed by atoms with Gasteiger partial charge in [0.2, 0.25) is 0 Å². The summed E-state index contributed by atoms with van der Waals surface area (Å²) in [5.41, 5.74) is 4.81. The smallest absolute Gasteiger partial charge is 0.341 e. The highest BCUT2D eigenvalue weighted by atomic mass is 16.5. The average molecular weight is 362 g/mol. The molecule has 0 amide bonds. The highest BCUT2D eigenvalue weighted by Crippen LogP contribution is 2.41. The quantitative estimate of drug-likeness (QED) is 0.710. The largest absolute Gasteiger partial charge is 0.462 e. The van der Waals surface area contributed by atoms with Gasteiger partial charge in [0.25, 0.3) is 0 Å². The van der Waals surface area contributed by atoms with Crippen molar-refractivity contribution >= 4 is 11.7 Å². The Morgan fingerprint density at radius 1 is 1.22 bits per heavy atom. The van der Waals surface area contributed by atoms with Gasteiger partial charge in [0.05, 0.1) is 24.1 Å². The van der Waals surface area contributed by atoms with Gasteiger partial charge < -0.3 is 10.1 Å². The van der Waals surface area contributed by atoms with E-state index >= 15 is 0 Å². The molecule has 0 spiro atoms. The number of anilines is 1. The van der Waals surface area contributed by atoms with Crippen LogP contribution in [0.2, 0.25) is 0 Å². The molecular weight excluding hydrogens is 340 g/mol. The summed E-state index contributed by atoms with van der Waals surface area (Å²) in [6.45, 7) is 6.54. The topological polar surface area (TPSA) is 69.0 Å². The Labute approximate surface area is 158 Å². The molecule has 2 unspecified atom stereocenters. The number of nitrogens with zero attached hydrogens (tertiary/aromatic N) is 3. The van der Waals surface area contributed by atoms with Crippen molar-refractivity contribution in [1.29, 1.82) is 0 Å². The lowest BCUT2D eigenvalue weighted by atomic mass is 9.96. The molecule has 1 aromatic carbocycles. The van der Waals surface area contributed by atoms with Crippen LogP contribution in [0.1, 0.15) is 42.6 Å². The van der Waals surface area contributed by atoms with E-state index in [-0.39, 0.29) is 5.97 Å². The van der Waals surface area contributed by atoms with Crippen LogP contribution in [-0.2, 0) is 4.74 Å². The van der Waals surface area contributed by atoms with E-state index in [9.17, 15) is 4.79 Å². The number of aromatic nitrogens is 3.